The zero-order chi connectivity index (χ0) is 14.0. The Balaban J connectivity index is 2.19. The van der Waals surface area contributed by atoms with E-state index in [1.165, 1.54) is 6.07 Å². The zero-order valence-corrected chi connectivity index (χ0v) is 11.8. The Kier molecular flexibility index (Phi) is 4.00. The van der Waals surface area contributed by atoms with Gasteiger partial charge in [0.1, 0.15) is 5.82 Å². The first-order valence-electron chi connectivity index (χ1n) is 5.97. The Hall–Kier alpha value is -1.68. The van der Waals surface area contributed by atoms with Gasteiger partial charge < -0.3 is 5.32 Å². The molecule has 0 aliphatic rings. The van der Waals surface area contributed by atoms with Crippen molar-refractivity contribution in [3.05, 3.63) is 51.6 Å². The van der Waals surface area contributed by atoms with Crippen LogP contribution < -0.4 is 5.32 Å². The molecule has 1 N–H and O–H groups in total. The molecule has 0 aliphatic heterocycles. The number of halogens is 2. The number of nitrogens with zero attached hydrogens (tertiary/aromatic N) is 2. The van der Waals surface area contributed by atoms with Gasteiger partial charge in [-0.2, -0.15) is 0 Å². The van der Waals surface area contributed by atoms with Crippen molar-refractivity contribution in [3.63, 3.8) is 0 Å². The zero-order valence-electron chi connectivity index (χ0n) is 11.1. The molecule has 0 unspecified atom stereocenters. The van der Waals surface area contributed by atoms with Gasteiger partial charge in [0.15, 0.2) is 0 Å². The van der Waals surface area contributed by atoms with Crippen LogP contribution in [0.2, 0.25) is 5.02 Å². The molecule has 0 atom stereocenters. The van der Waals surface area contributed by atoms with Crippen molar-refractivity contribution in [1.82, 2.24) is 9.97 Å². The van der Waals surface area contributed by atoms with E-state index in [9.17, 15) is 4.39 Å². The van der Waals surface area contributed by atoms with Gasteiger partial charge in [-0.1, -0.05) is 17.7 Å². The molecule has 0 amide bonds. The molecule has 0 fully saturated rings. The number of hydrogen-bond donors (Lipinski definition) is 1. The van der Waals surface area contributed by atoms with Crippen LogP contribution in [0.15, 0.2) is 18.2 Å². The summed E-state index contributed by atoms with van der Waals surface area (Å²) in [7, 11) is 0. The molecular formula is C14H15ClFN3. The van der Waals surface area contributed by atoms with Gasteiger partial charge in [-0.3, -0.25) is 0 Å². The number of hydrogen-bond acceptors (Lipinski definition) is 3. The monoisotopic (exact) mass is 279 g/mol. The second-order valence-corrected chi connectivity index (χ2v) is 4.80. The fraction of sp³-hybridized carbons (Fsp3) is 0.286. The van der Waals surface area contributed by atoms with Gasteiger partial charge in [0.25, 0.3) is 0 Å². The molecule has 0 saturated heterocycles. The predicted octanol–water partition coefficient (Wildman–Crippen LogP) is 3.81. The summed E-state index contributed by atoms with van der Waals surface area (Å²) in [5, 5.41) is 3.40. The molecule has 1 aromatic carbocycles. The lowest BCUT2D eigenvalue weighted by Crippen LogP contribution is -2.08. The first-order valence-corrected chi connectivity index (χ1v) is 6.35. The molecule has 0 bridgehead atoms. The Bertz CT molecular complexity index is 570. The highest BCUT2D eigenvalue weighted by Crippen LogP contribution is 2.20. The van der Waals surface area contributed by atoms with E-state index in [1.54, 1.807) is 12.1 Å². The summed E-state index contributed by atoms with van der Waals surface area (Å²) in [5.74, 6) is 0.153. The van der Waals surface area contributed by atoms with Gasteiger partial charge in [0.05, 0.1) is 0 Å². The van der Waals surface area contributed by atoms with Gasteiger partial charge in [0.2, 0.25) is 5.95 Å². The molecule has 19 heavy (non-hydrogen) atoms. The third kappa shape index (κ3) is 3.01. The van der Waals surface area contributed by atoms with Crippen molar-refractivity contribution in [3.8, 4) is 0 Å². The van der Waals surface area contributed by atoms with E-state index < -0.39 is 0 Å². The molecule has 2 aromatic rings. The maximum atomic E-state index is 13.6. The van der Waals surface area contributed by atoms with Crippen molar-refractivity contribution in [1.29, 1.82) is 0 Å². The lowest BCUT2D eigenvalue weighted by molar-refractivity contribution is 0.613. The van der Waals surface area contributed by atoms with Gasteiger partial charge in [-0.15, -0.1) is 0 Å². The minimum atomic E-state index is -0.333. The first kappa shape index (κ1) is 13.7. The van der Waals surface area contributed by atoms with Crippen LogP contribution in [0.4, 0.5) is 10.3 Å². The maximum Gasteiger partial charge on any atom is 0.223 e. The largest absolute Gasteiger partial charge is 0.350 e. The van der Waals surface area contributed by atoms with Crippen LogP contribution in [-0.4, -0.2) is 9.97 Å². The van der Waals surface area contributed by atoms with E-state index in [4.69, 9.17) is 11.6 Å². The molecule has 0 spiro atoms. The van der Waals surface area contributed by atoms with Crippen molar-refractivity contribution in [2.24, 2.45) is 0 Å². The van der Waals surface area contributed by atoms with Gasteiger partial charge in [-0.05, 0) is 38.5 Å². The van der Waals surface area contributed by atoms with Crippen LogP contribution in [-0.2, 0) is 6.54 Å². The van der Waals surface area contributed by atoms with Crippen molar-refractivity contribution < 1.29 is 4.39 Å². The summed E-state index contributed by atoms with van der Waals surface area (Å²) in [6, 6.07) is 4.63. The van der Waals surface area contributed by atoms with E-state index in [-0.39, 0.29) is 12.4 Å². The van der Waals surface area contributed by atoms with Crippen molar-refractivity contribution in [2.75, 3.05) is 5.32 Å². The van der Waals surface area contributed by atoms with Gasteiger partial charge >= 0.3 is 0 Å². The average molecular weight is 280 g/mol. The molecule has 1 heterocycles. The molecule has 2 rings (SSSR count). The summed E-state index contributed by atoms with van der Waals surface area (Å²) in [4.78, 5) is 8.64. The third-order valence-electron chi connectivity index (χ3n) is 3.12. The lowest BCUT2D eigenvalue weighted by Gasteiger charge is -2.10. The highest BCUT2D eigenvalue weighted by molar-refractivity contribution is 6.31. The molecular weight excluding hydrogens is 265 g/mol. The Morgan fingerprint density at radius 1 is 1.16 bits per heavy atom. The third-order valence-corrected chi connectivity index (χ3v) is 3.47. The smallest absolute Gasteiger partial charge is 0.223 e. The van der Waals surface area contributed by atoms with Crippen molar-refractivity contribution >= 4 is 17.5 Å². The summed E-state index contributed by atoms with van der Waals surface area (Å²) in [5.41, 5.74) is 3.31. The molecule has 0 saturated carbocycles. The van der Waals surface area contributed by atoms with Crippen LogP contribution in [0.5, 0.6) is 0 Å². The average Bonchev–Trinajstić information content (AvgIpc) is 2.35. The number of anilines is 1. The first-order chi connectivity index (χ1) is 8.99. The standard InChI is InChI=1S/C14H15ClFN3/c1-8-9(2)18-14(19-10(8)3)17-7-11-12(15)5-4-6-13(11)16/h4-6H,7H2,1-3H3,(H,17,18,19). The summed E-state index contributed by atoms with van der Waals surface area (Å²) >= 11 is 5.96. The minimum absolute atomic E-state index is 0.257. The van der Waals surface area contributed by atoms with Crippen LogP contribution >= 0.6 is 11.6 Å². The van der Waals surface area contributed by atoms with E-state index >= 15 is 0 Å². The highest BCUT2D eigenvalue weighted by Gasteiger charge is 2.08. The second kappa shape index (κ2) is 5.53. The second-order valence-electron chi connectivity index (χ2n) is 4.40. The number of benzene rings is 1. The maximum absolute atomic E-state index is 13.6. The SMILES string of the molecule is Cc1nc(NCc2c(F)cccc2Cl)nc(C)c1C. The summed E-state index contributed by atoms with van der Waals surface area (Å²) in [6.45, 7) is 6.08. The fourth-order valence-corrected chi connectivity index (χ4v) is 1.95. The van der Waals surface area contributed by atoms with E-state index in [1.807, 2.05) is 20.8 Å². The number of nitrogens with one attached hydrogen (secondary N) is 1. The van der Waals surface area contributed by atoms with Crippen molar-refractivity contribution in [2.45, 2.75) is 27.3 Å². The quantitative estimate of drug-likeness (QED) is 0.928. The van der Waals surface area contributed by atoms with Gasteiger partial charge in [0, 0.05) is 28.5 Å². The Morgan fingerprint density at radius 2 is 1.79 bits per heavy atom. The normalized spacial score (nSPS) is 10.6. The van der Waals surface area contributed by atoms with Crippen LogP contribution in [0.25, 0.3) is 0 Å². The lowest BCUT2D eigenvalue weighted by atomic mass is 10.2. The topological polar surface area (TPSA) is 37.8 Å². The Labute approximate surface area is 116 Å². The fourth-order valence-electron chi connectivity index (χ4n) is 1.72. The number of aryl methyl sites for hydroxylation is 2. The summed E-state index contributed by atoms with van der Waals surface area (Å²) in [6.07, 6.45) is 0. The molecule has 5 heteroatoms. The predicted molar refractivity (Wildman–Crippen MR) is 75.0 cm³/mol. The van der Waals surface area contributed by atoms with E-state index in [0.717, 1.165) is 17.0 Å². The number of aromatic nitrogens is 2. The Morgan fingerprint density at radius 3 is 2.37 bits per heavy atom. The molecule has 0 radical (unpaired) electrons. The highest BCUT2D eigenvalue weighted by atomic mass is 35.5. The van der Waals surface area contributed by atoms with Gasteiger partial charge in [-0.25, -0.2) is 14.4 Å². The molecule has 3 nitrogen and oxygen atoms in total. The molecule has 100 valence electrons. The van der Waals surface area contributed by atoms with E-state index in [0.29, 0.717) is 16.5 Å². The number of rotatable bonds is 3. The molecule has 0 aliphatic carbocycles. The molecule has 1 aromatic heterocycles. The van der Waals surface area contributed by atoms with Crippen LogP contribution in [0, 0.1) is 26.6 Å². The van der Waals surface area contributed by atoms with Crippen LogP contribution in [0.1, 0.15) is 22.5 Å². The summed E-state index contributed by atoms with van der Waals surface area (Å²) < 4.78 is 13.6. The minimum Gasteiger partial charge on any atom is -0.350 e. The van der Waals surface area contributed by atoms with Crippen LogP contribution in [0.3, 0.4) is 0 Å². The van der Waals surface area contributed by atoms with E-state index in [2.05, 4.69) is 15.3 Å².